The number of Topliss-reactive ketones (excluding diaryl/α,β-unsaturated/α-hetero) is 1. The van der Waals surface area contributed by atoms with Crippen molar-refractivity contribution in [1.29, 1.82) is 0 Å². The van der Waals surface area contributed by atoms with Crippen molar-refractivity contribution in [1.82, 2.24) is 0 Å². The molecular weight excluding hydrogens is 198 g/mol. The number of ketones is 1. The Hall–Kier alpha value is -1.29. The molecule has 1 amide bonds. The number of rotatable bonds is 3. The second kappa shape index (κ2) is 4.81. The van der Waals surface area contributed by atoms with E-state index in [1.807, 2.05) is 0 Å². The SMILES string of the molecule is CC(=O)c1cccc(NC(=O)CS)c1. The van der Waals surface area contributed by atoms with Crippen molar-refractivity contribution >= 4 is 30.0 Å². The maximum absolute atomic E-state index is 11.0. The van der Waals surface area contributed by atoms with Gasteiger partial charge in [0.2, 0.25) is 5.91 Å². The van der Waals surface area contributed by atoms with Crippen LogP contribution in [-0.2, 0) is 4.79 Å². The number of benzene rings is 1. The minimum Gasteiger partial charge on any atom is -0.325 e. The smallest absolute Gasteiger partial charge is 0.234 e. The Bertz CT molecular complexity index is 363. The van der Waals surface area contributed by atoms with Gasteiger partial charge in [0, 0.05) is 11.3 Å². The summed E-state index contributed by atoms with van der Waals surface area (Å²) in [7, 11) is 0. The average molecular weight is 209 g/mol. The number of carbonyl (C=O) groups is 2. The van der Waals surface area contributed by atoms with Crippen molar-refractivity contribution in [2.75, 3.05) is 11.1 Å². The summed E-state index contributed by atoms with van der Waals surface area (Å²) in [4.78, 5) is 22.0. The van der Waals surface area contributed by atoms with Crippen molar-refractivity contribution in [2.24, 2.45) is 0 Å². The highest BCUT2D eigenvalue weighted by molar-refractivity contribution is 7.81. The Morgan fingerprint density at radius 2 is 2.14 bits per heavy atom. The molecule has 1 rings (SSSR count). The highest BCUT2D eigenvalue weighted by Gasteiger charge is 2.02. The van der Waals surface area contributed by atoms with E-state index in [1.165, 1.54) is 6.92 Å². The number of thiol groups is 1. The van der Waals surface area contributed by atoms with Crippen LogP contribution in [0.25, 0.3) is 0 Å². The van der Waals surface area contributed by atoms with Crippen molar-refractivity contribution in [3.63, 3.8) is 0 Å². The second-order valence-corrected chi connectivity index (χ2v) is 3.16. The Morgan fingerprint density at radius 1 is 1.43 bits per heavy atom. The highest BCUT2D eigenvalue weighted by atomic mass is 32.1. The van der Waals surface area contributed by atoms with Gasteiger partial charge in [-0.1, -0.05) is 12.1 Å². The molecule has 1 aromatic carbocycles. The zero-order valence-electron chi connectivity index (χ0n) is 7.78. The predicted molar refractivity (Wildman–Crippen MR) is 58.9 cm³/mol. The number of anilines is 1. The fourth-order valence-electron chi connectivity index (χ4n) is 1.02. The molecule has 1 aromatic rings. The van der Waals surface area contributed by atoms with E-state index in [9.17, 15) is 9.59 Å². The molecule has 74 valence electrons. The van der Waals surface area contributed by atoms with Crippen LogP contribution in [0.5, 0.6) is 0 Å². The maximum Gasteiger partial charge on any atom is 0.234 e. The first-order chi connectivity index (χ1) is 6.63. The normalized spacial score (nSPS) is 9.57. The second-order valence-electron chi connectivity index (χ2n) is 2.84. The van der Waals surface area contributed by atoms with Gasteiger partial charge in [0.15, 0.2) is 5.78 Å². The number of hydrogen-bond acceptors (Lipinski definition) is 3. The van der Waals surface area contributed by atoms with Gasteiger partial charge in [0.1, 0.15) is 0 Å². The molecule has 0 aliphatic carbocycles. The first kappa shape index (κ1) is 10.8. The van der Waals surface area contributed by atoms with E-state index >= 15 is 0 Å². The van der Waals surface area contributed by atoms with E-state index in [4.69, 9.17) is 0 Å². The zero-order valence-corrected chi connectivity index (χ0v) is 8.67. The molecule has 0 spiro atoms. The van der Waals surface area contributed by atoms with Gasteiger partial charge in [0.25, 0.3) is 0 Å². The van der Waals surface area contributed by atoms with Gasteiger partial charge in [-0.05, 0) is 19.1 Å². The number of carbonyl (C=O) groups excluding carboxylic acids is 2. The van der Waals surface area contributed by atoms with E-state index in [0.29, 0.717) is 11.3 Å². The molecule has 0 bridgehead atoms. The van der Waals surface area contributed by atoms with Gasteiger partial charge in [-0.15, -0.1) is 0 Å². The average Bonchev–Trinajstić information content (AvgIpc) is 2.18. The maximum atomic E-state index is 11.0. The van der Waals surface area contributed by atoms with Gasteiger partial charge in [-0.3, -0.25) is 9.59 Å². The Balaban J connectivity index is 2.83. The van der Waals surface area contributed by atoms with Crippen molar-refractivity contribution in [3.05, 3.63) is 29.8 Å². The number of hydrogen-bond donors (Lipinski definition) is 2. The van der Waals surface area contributed by atoms with E-state index < -0.39 is 0 Å². The van der Waals surface area contributed by atoms with Gasteiger partial charge < -0.3 is 5.32 Å². The summed E-state index contributed by atoms with van der Waals surface area (Å²) in [5.74, 6) is -0.0781. The molecule has 0 unspecified atom stereocenters. The summed E-state index contributed by atoms with van der Waals surface area (Å²) in [6.07, 6.45) is 0. The molecule has 0 heterocycles. The lowest BCUT2D eigenvalue weighted by molar-refractivity contribution is -0.113. The van der Waals surface area contributed by atoms with E-state index in [2.05, 4.69) is 17.9 Å². The molecule has 0 saturated carbocycles. The number of amides is 1. The summed E-state index contributed by atoms with van der Waals surface area (Å²) in [6, 6.07) is 6.81. The first-order valence-corrected chi connectivity index (χ1v) is 4.78. The Kier molecular flexibility index (Phi) is 3.71. The lowest BCUT2D eigenvalue weighted by Crippen LogP contribution is -2.12. The molecule has 0 aromatic heterocycles. The van der Waals surface area contributed by atoms with Crippen molar-refractivity contribution in [2.45, 2.75) is 6.92 Å². The number of nitrogens with one attached hydrogen (secondary N) is 1. The topological polar surface area (TPSA) is 46.2 Å². The van der Waals surface area contributed by atoms with Crippen molar-refractivity contribution in [3.8, 4) is 0 Å². The lowest BCUT2D eigenvalue weighted by atomic mass is 10.1. The van der Waals surface area contributed by atoms with Crippen LogP contribution in [0.15, 0.2) is 24.3 Å². The minimum absolute atomic E-state index is 0.0213. The molecule has 1 N–H and O–H groups in total. The molecule has 0 atom stereocenters. The lowest BCUT2D eigenvalue weighted by Gasteiger charge is -2.03. The summed E-state index contributed by atoms with van der Waals surface area (Å²) in [5.41, 5.74) is 1.21. The van der Waals surface area contributed by atoms with Crippen LogP contribution in [0.1, 0.15) is 17.3 Å². The monoisotopic (exact) mass is 209 g/mol. The van der Waals surface area contributed by atoms with E-state index in [0.717, 1.165) is 0 Å². The summed E-state index contributed by atoms with van der Waals surface area (Å²) < 4.78 is 0. The van der Waals surface area contributed by atoms with Gasteiger partial charge in [-0.25, -0.2) is 0 Å². The highest BCUT2D eigenvalue weighted by Crippen LogP contribution is 2.10. The van der Waals surface area contributed by atoms with Crippen LogP contribution in [0.3, 0.4) is 0 Å². The zero-order chi connectivity index (χ0) is 10.6. The predicted octanol–water partition coefficient (Wildman–Crippen LogP) is 1.76. The third-order valence-corrected chi connectivity index (χ3v) is 1.98. The quantitative estimate of drug-likeness (QED) is 0.588. The largest absolute Gasteiger partial charge is 0.325 e. The van der Waals surface area contributed by atoms with Gasteiger partial charge in [0.05, 0.1) is 5.75 Å². The molecule has 0 saturated heterocycles. The Labute approximate surface area is 87.9 Å². The van der Waals surface area contributed by atoms with E-state index in [-0.39, 0.29) is 17.4 Å². The molecule has 4 heteroatoms. The van der Waals surface area contributed by atoms with Crippen molar-refractivity contribution < 1.29 is 9.59 Å². The van der Waals surface area contributed by atoms with Crippen LogP contribution >= 0.6 is 12.6 Å². The molecule has 0 aliphatic rings. The van der Waals surface area contributed by atoms with Crippen LogP contribution in [0, 0.1) is 0 Å². The van der Waals surface area contributed by atoms with Crippen LogP contribution in [-0.4, -0.2) is 17.4 Å². The first-order valence-electron chi connectivity index (χ1n) is 4.15. The Morgan fingerprint density at radius 3 is 2.71 bits per heavy atom. The van der Waals surface area contributed by atoms with E-state index in [1.54, 1.807) is 24.3 Å². The molecule has 0 aliphatic heterocycles. The summed E-state index contributed by atoms with van der Waals surface area (Å²) in [5, 5.41) is 2.62. The minimum atomic E-state index is -0.186. The standard InChI is InChI=1S/C10H11NO2S/c1-7(12)8-3-2-4-9(5-8)11-10(13)6-14/h2-5,14H,6H2,1H3,(H,11,13). The molecular formula is C10H11NO2S. The fraction of sp³-hybridized carbons (Fsp3) is 0.200. The summed E-state index contributed by atoms with van der Waals surface area (Å²) >= 11 is 3.83. The van der Waals surface area contributed by atoms with Gasteiger partial charge in [-0.2, -0.15) is 12.6 Å². The third-order valence-electron chi connectivity index (χ3n) is 1.70. The van der Waals surface area contributed by atoms with Gasteiger partial charge >= 0.3 is 0 Å². The molecule has 0 fully saturated rings. The third kappa shape index (κ3) is 2.88. The van der Waals surface area contributed by atoms with Crippen LogP contribution < -0.4 is 5.32 Å². The van der Waals surface area contributed by atoms with Crippen LogP contribution in [0.2, 0.25) is 0 Å². The molecule has 14 heavy (non-hydrogen) atoms. The molecule has 3 nitrogen and oxygen atoms in total. The molecule has 0 radical (unpaired) electrons. The summed E-state index contributed by atoms with van der Waals surface area (Å²) in [6.45, 7) is 1.49. The fourth-order valence-corrected chi connectivity index (χ4v) is 1.10. The van der Waals surface area contributed by atoms with Crippen LogP contribution in [0.4, 0.5) is 5.69 Å².